The van der Waals surface area contributed by atoms with E-state index in [1.54, 1.807) is 0 Å². The predicted molar refractivity (Wildman–Crippen MR) is 62.7 cm³/mol. The summed E-state index contributed by atoms with van der Waals surface area (Å²) in [6.07, 6.45) is 4.00. The summed E-state index contributed by atoms with van der Waals surface area (Å²) in [5.74, 6) is 0.589. The van der Waals surface area contributed by atoms with Crippen LogP contribution in [0.4, 0.5) is 0 Å². The second-order valence-electron chi connectivity index (χ2n) is 3.18. The summed E-state index contributed by atoms with van der Waals surface area (Å²) < 4.78 is 0. The van der Waals surface area contributed by atoms with Gasteiger partial charge in [-0.3, -0.25) is 0 Å². The lowest BCUT2D eigenvalue weighted by atomic mass is 10.1. The summed E-state index contributed by atoms with van der Waals surface area (Å²) >= 11 is 5.51. The molecule has 0 spiro atoms. The summed E-state index contributed by atoms with van der Waals surface area (Å²) in [7, 11) is 0. The summed E-state index contributed by atoms with van der Waals surface area (Å²) in [5.41, 5.74) is 2.69. The Bertz CT molecular complexity index is 294. The third-order valence-corrected chi connectivity index (χ3v) is 2.27. The molecule has 0 aliphatic heterocycles. The van der Waals surface area contributed by atoms with E-state index in [1.807, 2.05) is 12.2 Å². The molecule has 1 aromatic rings. The molecule has 0 unspecified atom stereocenters. The topological polar surface area (TPSA) is 12.0 Å². The second-order valence-corrected chi connectivity index (χ2v) is 3.49. The van der Waals surface area contributed by atoms with Crippen LogP contribution in [0.1, 0.15) is 11.1 Å². The standard InChI is InChI=1S/C12H16ClN/c1-11-6-2-3-7-12(11)10-14-9-5-4-8-13/h2-7,14H,8-10H2,1H3/b5-4+. The van der Waals surface area contributed by atoms with Crippen molar-refractivity contribution in [3.63, 3.8) is 0 Å². The number of halogens is 1. The summed E-state index contributed by atoms with van der Waals surface area (Å²) in [4.78, 5) is 0. The van der Waals surface area contributed by atoms with Crippen molar-refractivity contribution in [1.29, 1.82) is 0 Å². The minimum absolute atomic E-state index is 0.589. The van der Waals surface area contributed by atoms with Crippen molar-refractivity contribution in [2.45, 2.75) is 13.5 Å². The molecule has 0 heterocycles. The highest BCUT2D eigenvalue weighted by Crippen LogP contribution is 2.05. The number of hydrogen-bond acceptors (Lipinski definition) is 1. The largest absolute Gasteiger partial charge is 0.309 e. The SMILES string of the molecule is Cc1ccccc1CNC/C=C/CCl. The maximum Gasteiger partial charge on any atom is 0.0404 e. The van der Waals surface area contributed by atoms with E-state index in [2.05, 4.69) is 36.5 Å². The molecule has 0 saturated carbocycles. The van der Waals surface area contributed by atoms with Crippen LogP contribution in [0, 0.1) is 6.92 Å². The highest BCUT2D eigenvalue weighted by Gasteiger charge is 1.93. The van der Waals surface area contributed by atoms with E-state index < -0.39 is 0 Å². The molecule has 1 rings (SSSR count). The Morgan fingerprint density at radius 2 is 2.07 bits per heavy atom. The fourth-order valence-electron chi connectivity index (χ4n) is 1.24. The van der Waals surface area contributed by atoms with E-state index in [1.165, 1.54) is 11.1 Å². The van der Waals surface area contributed by atoms with Crippen LogP contribution < -0.4 is 5.32 Å². The van der Waals surface area contributed by atoms with Crippen molar-refractivity contribution >= 4 is 11.6 Å². The van der Waals surface area contributed by atoms with Crippen LogP contribution in [0.3, 0.4) is 0 Å². The monoisotopic (exact) mass is 209 g/mol. The van der Waals surface area contributed by atoms with E-state index in [0.29, 0.717) is 5.88 Å². The van der Waals surface area contributed by atoms with Crippen LogP contribution in [0.25, 0.3) is 0 Å². The Morgan fingerprint density at radius 1 is 1.29 bits per heavy atom. The number of alkyl halides is 1. The van der Waals surface area contributed by atoms with Gasteiger partial charge in [0.25, 0.3) is 0 Å². The van der Waals surface area contributed by atoms with Crippen molar-refractivity contribution in [3.8, 4) is 0 Å². The third-order valence-electron chi connectivity index (χ3n) is 2.09. The number of hydrogen-bond donors (Lipinski definition) is 1. The van der Waals surface area contributed by atoms with E-state index in [9.17, 15) is 0 Å². The lowest BCUT2D eigenvalue weighted by molar-refractivity contribution is 0.755. The van der Waals surface area contributed by atoms with Crippen molar-refractivity contribution < 1.29 is 0 Å². The van der Waals surface area contributed by atoms with Crippen molar-refractivity contribution in [1.82, 2.24) is 5.32 Å². The number of benzene rings is 1. The fraction of sp³-hybridized carbons (Fsp3) is 0.333. The average molecular weight is 210 g/mol. The van der Waals surface area contributed by atoms with Crippen LogP contribution in [0.15, 0.2) is 36.4 Å². The van der Waals surface area contributed by atoms with Crippen molar-refractivity contribution in [3.05, 3.63) is 47.5 Å². The second kappa shape index (κ2) is 6.63. The van der Waals surface area contributed by atoms with Crippen LogP contribution in [-0.4, -0.2) is 12.4 Å². The van der Waals surface area contributed by atoms with Gasteiger partial charge in [0.15, 0.2) is 0 Å². The zero-order chi connectivity index (χ0) is 10.2. The third kappa shape index (κ3) is 3.95. The Morgan fingerprint density at radius 3 is 2.79 bits per heavy atom. The van der Waals surface area contributed by atoms with E-state index in [0.717, 1.165) is 13.1 Å². The van der Waals surface area contributed by atoms with Gasteiger partial charge < -0.3 is 5.32 Å². The molecule has 0 atom stereocenters. The highest BCUT2D eigenvalue weighted by atomic mass is 35.5. The van der Waals surface area contributed by atoms with Crippen molar-refractivity contribution in [2.75, 3.05) is 12.4 Å². The predicted octanol–water partition coefficient (Wildman–Crippen LogP) is 2.88. The molecule has 76 valence electrons. The van der Waals surface area contributed by atoms with Gasteiger partial charge in [0.2, 0.25) is 0 Å². The van der Waals surface area contributed by atoms with Gasteiger partial charge in [-0.1, -0.05) is 36.4 Å². The van der Waals surface area contributed by atoms with E-state index >= 15 is 0 Å². The molecule has 0 aliphatic rings. The molecule has 0 aliphatic carbocycles. The van der Waals surface area contributed by atoms with Gasteiger partial charge in [0, 0.05) is 19.0 Å². The van der Waals surface area contributed by atoms with Gasteiger partial charge in [-0.15, -0.1) is 11.6 Å². The lowest BCUT2D eigenvalue weighted by Crippen LogP contribution is -2.13. The molecule has 0 amide bonds. The molecule has 0 fully saturated rings. The molecule has 0 bridgehead atoms. The molecule has 2 heteroatoms. The molecule has 0 radical (unpaired) electrons. The van der Waals surface area contributed by atoms with Gasteiger partial charge in [0.05, 0.1) is 0 Å². The first-order chi connectivity index (χ1) is 6.84. The van der Waals surface area contributed by atoms with Gasteiger partial charge in [-0.2, -0.15) is 0 Å². The van der Waals surface area contributed by atoms with Gasteiger partial charge in [0.1, 0.15) is 0 Å². The van der Waals surface area contributed by atoms with Gasteiger partial charge in [-0.25, -0.2) is 0 Å². The van der Waals surface area contributed by atoms with E-state index in [-0.39, 0.29) is 0 Å². The molecule has 1 nitrogen and oxygen atoms in total. The Hall–Kier alpha value is -0.790. The number of nitrogens with one attached hydrogen (secondary N) is 1. The molecular formula is C12H16ClN. The summed E-state index contributed by atoms with van der Waals surface area (Å²) in [6.45, 7) is 3.92. The Kier molecular flexibility index (Phi) is 5.35. The van der Waals surface area contributed by atoms with Crippen LogP contribution in [0.2, 0.25) is 0 Å². The Labute approximate surface area is 90.8 Å². The summed E-state index contributed by atoms with van der Waals surface area (Å²) in [6, 6.07) is 8.41. The maximum atomic E-state index is 5.51. The maximum absolute atomic E-state index is 5.51. The summed E-state index contributed by atoms with van der Waals surface area (Å²) in [5, 5.41) is 3.33. The van der Waals surface area contributed by atoms with Gasteiger partial charge >= 0.3 is 0 Å². The first kappa shape index (κ1) is 11.3. The smallest absolute Gasteiger partial charge is 0.0404 e. The van der Waals surface area contributed by atoms with E-state index in [4.69, 9.17) is 11.6 Å². The minimum atomic E-state index is 0.589. The minimum Gasteiger partial charge on any atom is -0.309 e. The Balaban J connectivity index is 2.31. The molecule has 0 aromatic heterocycles. The molecular weight excluding hydrogens is 194 g/mol. The normalized spacial score (nSPS) is 11.0. The number of aryl methyl sites for hydroxylation is 1. The average Bonchev–Trinajstić information content (AvgIpc) is 2.20. The van der Waals surface area contributed by atoms with Crippen LogP contribution >= 0.6 is 11.6 Å². The molecule has 14 heavy (non-hydrogen) atoms. The first-order valence-corrected chi connectivity index (χ1v) is 5.34. The highest BCUT2D eigenvalue weighted by molar-refractivity contribution is 6.18. The molecule has 1 N–H and O–H groups in total. The quantitative estimate of drug-likeness (QED) is 0.447. The molecule has 0 saturated heterocycles. The van der Waals surface area contributed by atoms with Crippen LogP contribution in [-0.2, 0) is 6.54 Å². The van der Waals surface area contributed by atoms with Crippen molar-refractivity contribution in [2.24, 2.45) is 0 Å². The molecule has 1 aromatic carbocycles. The fourth-order valence-corrected chi connectivity index (χ4v) is 1.37. The van der Waals surface area contributed by atoms with Gasteiger partial charge in [-0.05, 0) is 18.1 Å². The zero-order valence-electron chi connectivity index (χ0n) is 8.46. The number of allylic oxidation sites excluding steroid dienone is 1. The zero-order valence-corrected chi connectivity index (χ0v) is 9.22. The first-order valence-electron chi connectivity index (χ1n) is 4.81. The van der Waals surface area contributed by atoms with Crippen LogP contribution in [0.5, 0.6) is 0 Å². The number of rotatable bonds is 5. The lowest BCUT2D eigenvalue weighted by Gasteiger charge is -2.05.